The molecule has 0 aliphatic rings. The normalized spacial score (nSPS) is 10.4. The van der Waals surface area contributed by atoms with Crippen LogP contribution in [-0.4, -0.2) is 23.1 Å². The van der Waals surface area contributed by atoms with Gasteiger partial charge < -0.3 is 11.1 Å². The van der Waals surface area contributed by atoms with Crippen molar-refractivity contribution in [2.24, 2.45) is 5.73 Å². The molecule has 0 aliphatic heterocycles. The first-order chi connectivity index (χ1) is 9.29. The molecule has 0 spiro atoms. The molecule has 0 fully saturated rings. The van der Waals surface area contributed by atoms with E-state index in [1.165, 1.54) is 11.1 Å². The van der Waals surface area contributed by atoms with E-state index >= 15 is 0 Å². The number of benzene rings is 1. The smallest absolute Gasteiger partial charge is 0.222 e. The minimum atomic E-state index is 0.669. The molecule has 2 rings (SSSR count). The largest absolute Gasteiger partial charge is 0.354 e. The minimum Gasteiger partial charge on any atom is -0.354 e. The highest BCUT2D eigenvalue weighted by Crippen LogP contribution is 2.12. The maximum Gasteiger partial charge on any atom is 0.222 e. The maximum absolute atomic E-state index is 5.44. The number of nitrogens with zero attached hydrogens (tertiary/aromatic N) is 2. The molecule has 1 aromatic heterocycles. The third kappa shape index (κ3) is 4.03. The van der Waals surface area contributed by atoms with Gasteiger partial charge in [0.25, 0.3) is 0 Å². The Morgan fingerprint density at radius 1 is 1.16 bits per heavy atom. The summed E-state index contributed by atoms with van der Waals surface area (Å²) in [6, 6.07) is 8.38. The van der Waals surface area contributed by atoms with E-state index in [0.717, 1.165) is 24.9 Å². The van der Waals surface area contributed by atoms with Crippen LogP contribution < -0.4 is 11.1 Å². The summed E-state index contributed by atoms with van der Waals surface area (Å²) in [5.74, 6) is 0.669. The number of anilines is 1. The quantitative estimate of drug-likeness (QED) is 0.777. The van der Waals surface area contributed by atoms with Gasteiger partial charge in [-0.3, -0.25) is 0 Å². The van der Waals surface area contributed by atoms with E-state index in [1.54, 1.807) is 0 Å². The molecule has 19 heavy (non-hydrogen) atoms. The third-order valence-corrected chi connectivity index (χ3v) is 3.03. The first-order valence-corrected chi connectivity index (χ1v) is 6.59. The van der Waals surface area contributed by atoms with Crippen molar-refractivity contribution < 1.29 is 0 Å². The van der Waals surface area contributed by atoms with Crippen molar-refractivity contribution >= 4 is 5.95 Å². The number of aromatic nitrogens is 2. The molecule has 0 radical (unpaired) electrons. The van der Waals surface area contributed by atoms with Crippen molar-refractivity contribution in [3.05, 3.63) is 53.3 Å². The Kier molecular flexibility index (Phi) is 4.86. The average molecular weight is 256 g/mol. The lowest BCUT2D eigenvalue weighted by Crippen LogP contribution is -2.10. The van der Waals surface area contributed by atoms with Crippen molar-refractivity contribution in [1.82, 2.24) is 9.97 Å². The molecule has 4 nitrogen and oxygen atoms in total. The van der Waals surface area contributed by atoms with Crippen LogP contribution in [-0.2, 0) is 6.42 Å². The van der Waals surface area contributed by atoms with Crippen LogP contribution in [0.2, 0.25) is 0 Å². The second-order valence-electron chi connectivity index (χ2n) is 4.59. The maximum atomic E-state index is 5.44. The predicted octanol–water partition coefficient (Wildman–Crippen LogP) is 2.14. The summed E-state index contributed by atoms with van der Waals surface area (Å²) in [7, 11) is 0. The Morgan fingerprint density at radius 3 is 2.58 bits per heavy atom. The Labute approximate surface area is 114 Å². The van der Waals surface area contributed by atoms with Gasteiger partial charge in [-0.1, -0.05) is 24.3 Å². The molecule has 0 aliphatic carbocycles. The lowest BCUT2D eigenvalue weighted by Gasteiger charge is -2.06. The second kappa shape index (κ2) is 6.85. The van der Waals surface area contributed by atoms with Gasteiger partial charge in [0.05, 0.1) is 0 Å². The molecular formula is C15H20N4. The van der Waals surface area contributed by atoms with Crippen molar-refractivity contribution in [3.8, 4) is 0 Å². The van der Waals surface area contributed by atoms with E-state index in [2.05, 4.69) is 46.5 Å². The fourth-order valence-electron chi connectivity index (χ4n) is 1.87. The van der Waals surface area contributed by atoms with Gasteiger partial charge in [0.15, 0.2) is 0 Å². The van der Waals surface area contributed by atoms with Crippen LogP contribution >= 0.6 is 0 Å². The molecule has 2 aromatic rings. The van der Waals surface area contributed by atoms with Crippen molar-refractivity contribution in [2.75, 3.05) is 18.4 Å². The van der Waals surface area contributed by atoms with Crippen molar-refractivity contribution in [3.63, 3.8) is 0 Å². The van der Waals surface area contributed by atoms with Crippen molar-refractivity contribution in [2.45, 2.75) is 19.8 Å². The van der Waals surface area contributed by atoms with Crippen LogP contribution in [0, 0.1) is 6.92 Å². The highest BCUT2D eigenvalue weighted by molar-refractivity contribution is 5.32. The molecule has 0 saturated heterocycles. The van der Waals surface area contributed by atoms with Crippen LogP contribution in [0.25, 0.3) is 0 Å². The van der Waals surface area contributed by atoms with Crippen molar-refractivity contribution in [1.29, 1.82) is 0 Å². The van der Waals surface area contributed by atoms with Gasteiger partial charge in [0.2, 0.25) is 5.95 Å². The fourth-order valence-corrected chi connectivity index (χ4v) is 1.87. The number of hydrogen-bond donors (Lipinski definition) is 2. The Bertz CT molecular complexity index is 508. The van der Waals surface area contributed by atoms with Gasteiger partial charge in [0, 0.05) is 25.4 Å². The summed E-state index contributed by atoms with van der Waals surface area (Å²) in [6.45, 7) is 3.62. The summed E-state index contributed by atoms with van der Waals surface area (Å²) >= 11 is 0. The second-order valence-corrected chi connectivity index (χ2v) is 4.59. The van der Waals surface area contributed by atoms with Gasteiger partial charge >= 0.3 is 0 Å². The molecule has 100 valence electrons. The summed E-state index contributed by atoms with van der Waals surface area (Å²) in [5.41, 5.74) is 9.17. The van der Waals surface area contributed by atoms with Gasteiger partial charge in [-0.05, 0) is 36.6 Å². The van der Waals surface area contributed by atoms with Crippen LogP contribution in [0.15, 0.2) is 36.7 Å². The number of nitrogens with two attached hydrogens (primary N) is 1. The first kappa shape index (κ1) is 13.5. The molecule has 0 saturated carbocycles. The van der Waals surface area contributed by atoms with Crippen LogP contribution in [0.1, 0.15) is 23.1 Å². The molecule has 0 amide bonds. The van der Waals surface area contributed by atoms with E-state index in [0.29, 0.717) is 12.5 Å². The Hall–Kier alpha value is -1.94. The van der Waals surface area contributed by atoms with Crippen LogP contribution in [0.5, 0.6) is 0 Å². The topological polar surface area (TPSA) is 63.8 Å². The van der Waals surface area contributed by atoms with E-state index in [-0.39, 0.29) is 0 Å². The molecule has 0 bridgehead atoms. The zero-order valence-corrected chi connectivity index (χ0v) is 11.3. The van der Waals surface area contributed by atoms with Gasteiger partial charge in [-0.2, -0.15) is 0 Å². The average Bonchev–Trinajstić information content (AvgIpc) is 2.44. The molecule has 1 aromatic carbocycles. The minimum absolute atomic E-state index is 0.669. The Balaban J connectivity index is 1.97. The van der Waals surface area contributed by atoms with Gasteiger partial charge in [0.1, 0.15) is 0 Å². The number of rotatable bonds is 6. The van der Waals surface area contributed by atoms with Crippen LogP contribution in [0.3, 0.4) is 0 Å². The summed E-state index contributed by atoms with van der Waals surface area (Å²) in [6.07, 6.45) is 5.55. The Morgan fingerprint density at radius 2 is 1.89 bits per heavy atom. The molecule has 3 N–H and O–H groups in total. The number of nitrogens with one attached hydrogen (secondary N) is 1. The first-order valence-electron chi connectivity index (χ1n) is 6.59. The third-order valence-electron chi connectivity index (χ3n) is 3.03. The van der Waals surface area contributed by atoms with E-state index < -0.39 is 0 Å². The highest BCUT2D eigenvalue weighted by atomic mass is 15.1. The molecule has 4 heteroatoms. The zero-order valence-electron chi connectivity index (χ0n) is 11.3. The van der Waals surface area contributed by atoms with E-state index in [1.807, 2.05) is 12.4 Å². The lowest BCUT2D eigenvalue weighted by molar-refractivity contribution is 0.862. The molecule has 0 unspecified atom stereocenters. The number of hydrogen-bond acceptors (Lipinski definition) is 4. The predicted molar refractivity (Wildman–Crippen MR) is 78.2 cm³/mol. The summed E-state index contributed by atoms with van der Waals surface area (Å²) < 4.78 is 0. The monoisotopic (exact) mass is 256 g/mol. The van der Waals surface area contributed by atoms with E-state index in [4.69, 9.17) is 5.73 Å². The van der Waals surface area contributed by atoms with E-state index in [9.17, 15) is 0 Å². The molecule has 1 heterocycles. The summed E-state index contributed by atoms with van der Waals surface area (Å²) in [4.78, 5) is 8.63. The highest BCUT2D eigenvalue weighted by Gasteiger charge is 2.01. The molecular weight excluding hydrogens is 236 g/mol. The zero-order chi connectivity index (χ0) is 13.5. The summed E-state index contributed by atoms with van der Waals surface area (Å²) in [5, 5.41) is 3.15. The SMILES string of the molecule is Cc1ccccc1Cc1cnc(NCCCN)nc1. The standard InChI is InChI=1S/C15H20N4/c1-12-5-2-3-6-14(12)9-13-10-18-15(19-11-13)17-8-4-7-16/h2-3,5-6,10-11H,4,7-9,16H2,1H3,(H,17,18,19). The van der Waals surface area contributed by atoms with Crippen LogP contribution in [0.4, 0.5) is 5.95 Å². The lowest BCUT2D eigenvalue weighted by atomic mass is 10.0. The van der Waals surface area contributed by atoms with Gasteiger partial charge in [-0.15, -0.1) is 0 Å². The van der Waals surface area contributed by atoms with Gasteiger partial charge in [-0.25, -0.2) is 9.97 Å². The fraction of sp³-hybridized carbons (Fsp3) is 0.333. The molecule has 0 atom stereocenters. The number of aryl methyl sites for hydroxylation is 1.